The Morgan fingerprint density at radius 2 is 1.79 bits per heavy atom. The number of fused-ring (bicyclic) bond motifs is 3. The molecule has 2 atom stereocenters. The summed E-state index contributed by atoms with van der Waals surface area (Å²) in [6, 6.07) is 16.3. The van der Waals surface area contributed by atoms with Gasteiger partial charge in [-0.15, -0.1) is 0 Å². The van der Waals surface area contributed by atoms with Gasteiger partial charge >= 0.3 is 0 Å². The van der Waals surface area contributed by atoms with E-state index in [0.717, 1.165) is 22.6 Å². The maximum atomic E-state index is 10.5. The zero-order chi connectivity index (χ0) is 23.1. The summed E-state index contributed by atoms with van der Waals surface area (Å²) in [5.74, 6) is 2.76. The van der Waals surface area contributed by atoms with Gasteiger partial charge in [-0.1, -0.05) is 11.6 Å². The first-order valence-electron chi connectivity index (χ1n) is 10.4. The van der Waals surface area contributed by atoms with Crippen molar-refractivity contribution in [3.05, 3.63) is 76.3 Å². The van der Waals surface area contributed by atoms with Crippen molar-refractivity contribution < 1.29 is 24.1 Å². The van der Waals surface area contributed by atoms with Crippen molar-refractivity contribution in [3.8, 4) is 28.7 Å². The molecule has 0 aliphatic carbocycles. The van der Waals surface area contributed by atoms with E-state index in [4.69, 9.17) is 35.6 Å². The fourth-order valence-corrected chi connectivity index (χ4v) is 4.50. The molecule has 2 aliphatic heterocycles. The van der Waals surface area contributed by atoms with Crippen LogP contribution < -0.4 is 18.9 Å². The molecule has 0 saturated carbocycles. The molecule has 0 fully saturated rings. The Morgan fingerprint density at radius 3 is 2.55 bits per heavy atom. The molecule has 170 valence electrons. The van der Waals surface area contributed by atoms with Gasteiger partial charge in [-0.05, 0) is 54.6 Å². The van der Waals surface area contributed by atoms with Crippen molar-refractivity contribution in [1.29, 1.82) is 0 Å². The number of hydrogen-bond acceptors (Lipinski definition) is 7. The molecule has 0 unspecified atom stereocenters. The Balaban J connectivity index is 1.62. The maximum absolute atomic E-state index is 10.5. The van der Waals surface area contributed by atoms with Gasteiger partial charge in [0.2, 0.25) is 6.23 Å². The number of hydrazone groups is 1. The second kappa shape index (κ2) is 8.41. The van der Waals surface area contributed by atoms with Crippen LogP contribution in [-0.2, 0) is 0 Å². The standard InChI is InChI=1S/C25H23ClN2O5/c1-30-16-6-7-21(29)17(12-16)19-13-20-18-11-15(26)5-9-22(18)33-25(28(20)27-19)14-4-8-23(31-2)24(10-14)32-3/h4-12,20,25,29H,13H2,1-3H3/t20-,25+/m1/s1. The molecule has 0 aromatic heterocycles. The topological polar surface area (TPSA) is 72.8 Å². The van der Waals surface area contributed by atoms with Crippen molar-refractivity contribution in [2.45, 2.75) is 18.7 Å². The van der Waals surface area contributed by atoms with Crippen LogP contribution in [0.5, 0.6) is 28.7 Å². The minimum absolute atomic E-state index is 0.119. The first-order valence-corrected chi connectivity index (χ1v) is 10.8. The van der Waals surface area contributed by atoms with E-state index in [2.05, 4.69) is 0 Å². The number of halogens is 1. The molecule has 1 N–H and O–H groups in total. The molecule has 0 amide bonds. The van der Waals surface area contributed by atoms with Gasteiger partial charge in [0.1, 0.15) is 17.2 Å². The summed E-state index contributed by atoms with van der Waals surface area (Å²) in [7, 11) is 4.79. The van der Waals surface area contributed by atoms with Crippen molar-refractivity contribution in [3.63, 3.8) is 0 Å². The van der Waals surface area contributed by atoms with Crippen LogP contribution in [0.1, 0.15) is 35.4 Å². The van der Waals surface area contributed by atoms with E-state index in [9.17, 15) is 5.11 Å². The van der Waals surface area contributed by atoms with Crippen molar-refractivity contribution in [1.82, 2.24) is 5.01 Å². The van der Waals surface area contributed by atoms with Crippen LogP contribution in [-0.4, -0.2) is 37.2 Å². The zero-order valence-corrected chi connectivity index (χ0v) is 19.2. The highest BCUT2D eigenvalue weighted by molar-refractivity contribution is 6.30. The molecule has 0 spiro atoms. The SMILES string of the molecule is COc1ccc(O)c(C2=NN3[C@H](C2)c2cc(Cl)ccc2O[C@H]3c2ccc(OC)c(OC)c2)c1. The van der Waals surface area contributed by atoms with Gasteiger partial charge in [0.15, 0.2) is 11.5 Å². The van der Waals surface area contributed by atoms with Gasteiger partial charge < -0.3 is 24.1 Å². The van der Waals surface area contributed by atoms with Crippen LogP contribution in [0.3, 0.4) is 0 Å². The highest BCUT2D eigenvalue weighted by Gasteiger charge is 2.41. The van der Waals surface area contributed by atoms with E-state index >= 15 is 0 Å². The third-order valence-electron chi connectivity index (χ3n) is 5.96. The van der Waals surface area contributed by atoms with Crippen LogP contribution in [0.2, 0.25) is 5.02 Å². The van der Waals surface area contributed by atoms with Crippen LogP contribution in [0.25, 0.3) is 0 Å². The highest BCUT2D eigenvalue weighted by Crippen LogP contribution is 2.49. The number of phenolic OH excluding ortho intramolecular Hbond substituents is 1. The Morgan fingerprint density at radius 1 is 0.970 bits per heavy atom. The van der Waals surface area contributed by atoms with Gasteiger partial charge in [-0.25, -0.2) is 5.01 Å². The second-order valence-electron chi connectivity index (χ2n) is 7.80. The lowest BCUT2D eigenvalue weighted by Gasteiger charge is -2.38. The lowest BCUT2D eigenvalue weighted by Crippen LogP contribution is -2.33. The van der Waals surface area contributed by atoms with E-state index in [1.54, 1.807) is 39.5 Å². The Labute approximate surface area is 196 Å². The number of rotatable bonds is 5. The van der Waals surface area contributed by atoms with Gasteiger partial charge in [0.05, 0.1) is 33.1 Å². The summed E-state index contributed by atoms with van der Waals surface area (Å²) in [6.45, 7) is 0. The molecule has 0 radical (unpaired) electrons. The largest absolute Gasteiger partial charge is 0.507 e. The third-order valence-corrected chi connectivity index (χ3v) is 6.19. The Hall–Kier alpha value is -3.58. The molecular formula is C25H23ClN2O5. The van der Waals surface area contributed by atoms with E-state index in [1.807, 2.05) is 41.4 Å². The summed E-state index contributed by atoms with van der Waals surface area (Å²) in [6.07, 6.45) is 0.0649. The maximum Gasteiger partial charge on any atom is 0.214 e. The quantitative estimate of drug-likeness (QED) is 0.549. The Bertz CT molecular complexity index is 1250. The number of aromatic hydroxyl groups is 1. The average molecular weight is 467 g/mol. The smallest absolute Gasteiger partial charge is 0.214 e. The predicted molar refractivity (Wildman–Crippen MR) is 125 cm³/mol. The molecule has 3 aromatic rings. The number of hydrogen-bond donors (Lipinski definition) is 1. The molecule has 0 bridgehead atoms. The Kier molecular flexibility index (Phi) is 5.42. The van der Waals surface area contributed by atoms with Crippen molar-refractivity contribution in [2.75, 3.05) is 21.3 Å². The van der Waals surface area contributed by atoms with Crippen molar-refractivity contribution >= 4 is 17.3 Å². The fourth-order valence-electron chi connectivity index (χ4n) is 4.32. The van der Waals surface area contributed by atoms with Crippen LogP contribution >= 0.6 is 11.6 Å². The zero-order valence-electron chi connectivity index (χ0n) is 18.4. The first kappa shape index (κ1) is 21.3. The molecule has 2 aliphatic rings. The van der Waals surface area contributed by atoms with E-state index in [0.29, 0.717) is 34.3 Å². The normalized spacial score (nSPS) is 18.7. The third kappa shape index (κ3) is 3.68. The summed E-state index contributed by atoms with van der Waals surface area (Å²) in [4.78, 5) is 0. The number of nitrogens with zero attached hydrogens (tertiary/aromatic N) is 2. The first-order chi connectivity index (χ1) is 16.0. The monoisotopic (exact) mass is 466 g/mol. The van der Waals surface area contributed by atoms with E-state index < -0.39 is 6.23 Å². The number of methoxy groups -OCH3 is 3. The molecule has 8 heteroatoms. The van der Waals surface area contributed by atoms with Crippen LogP contribution in [0.15, 0.2) is 59.7 Å². The van der Waals surface area contributed by atoms with E-state index in [1.165, 1.54) is 0 Å². The molecular weight excluding hydrogens is 444 g/mol. The number of benzene rings is 3. The second-order valence-corrected chi connectivity index (χ2v) is 8.23. The summed E-state index contributed by atoms with van der Waals surface area (Å²) < 4.78 is 22.6. The minimum atomic E-state index is -0.506. The van der Waals surface area contributed by atoms with Gasteiger partial charge in [0, 0.05) is 28.1 Å². The lowest BCUT2D eigenvalue weighted by atomic mass is 9.95. The lowest BCUT2D eigenvalue weighted by molar-refractivity contribution is -0.0191. The minimum Gasteiger partial charge on any atom is -0.507 e. The van der Waals surface area contributed by atoms with Gasteiger partial charge in [0.25, 0.3) is 0 Å². The van der Waals surface area contributed by atoms with Crippen molar-refractivity contribution in [2.24, 2.45) is 5.10 Å². The predicted octanol–water partition coefficient (Wildman–Crippen LogP) is 5.31. The molecule has 7 nitrogen and oxygen atoms in total. The van der Waals surface area contributed by atoms with Gasteiger partial charge in [-0.2, -0.15) is 5.10 Å². The molecule has 0 saturated heterocycles. The molecule has 2 heterocycles. The summed E-state index contributed by atoms with van der Waals surface area (Å²) in [5, 5.41) is 18.0. The number of ether oxygens (including phenoxy) is 4. The van der Waals surface area contributed by atoms with E-state index in [-0.39, 0.29) is 11.8 Å². The summed E-state index contributed by atoms with van der Waals surface area (Å²) in [5.41, 5.74) is 3.16. The van der Waals surface area contributed by atoms with Crippen LogP contribution in [0.4, 0.5) is 0 Å². The average Bonchev–Trinajstić information content (AvgIpc) is 3.29. The molecule has 3 aromatic carbocycles. The number of phenols is 1. The summed E-state index contributed by atoms with van der Waals surface area (Å²) >= 11 is 6.31. The van der Waals surface area contributed by atoms with Crippen LogP contribution in [0, 0.1) is 0 Å². The molecule has 33 heavy (non-hydrogen) atoms. The molecule has 5 rings (SSSR count). The van der Waals surface area contributed by atoms with Gasteiger partial charge in [-0.3, -0.25) is 0 Å². The fraction of sp³-hybridized carbons (Fsp3) is 0.240. The highest BCUT2D eigenvalue weighted by atomic mass is 35.5.